The summed E-state index contributed by atoms with van der Waals surface area (Å²) in [5.41, 5.74) is 1.01. The number of carbonyl (C=O) groups is 2. The quantitative estimate of drug-likeness (QED) is 0.343. The number of ketones is 1. The summed E-state index contributed by atoms with van der Waals surface area (Å²) in [7, 11) is 1.52. The van der Waals surface area contributed by atoms with Crippen LogP contribution >= 0.6 is 11.3 Å². The summed E-state index contributed by atoms with van der Waals surface area (Å²) in [5.74, 6) is -0.437. The second-order valence-corrected chi connectivity index (χ2v) is 7.82. The Morgan fingerprint density at radius 3 is 2.48 bits per heavy atom. The van der Waals surface area contributed by atoms with E-state index in [0.717, 1.165) is 4.88 Å². The fraction of sp³-hybridized carbons (Fsp3) is 0.167. The number of ether oxygens (including phenoxy) is 2. The van der Waals surface area contributed by atoms with Crippen LogP contribution in [-0.2, 0) is 9.59 Å². The highest BCUT2D eigenvalue weighted by molar-refractivity contribution is 7.10. The van der Waals surface area contributed by atoms with E-state index in [9.17, 15) is 14.7 Å². The molecule has 1 amide bonds. The van der Waals surface area contributed by atoms with E-state index in [2.05, 4.69) is 0 Å². The fourth-order valence-corrected chi connectivity index (χ4v) is 4.43. The molecular weight excluding hydrogens is 414 g/mol. The van der Waals surface area contributed by atoms with Gasteiger partial charge in [0.25, 0.3) is 11.7 Å². The molecule has 31 heavy (non-hydrogen) atoms. The maximum absolute atomic E-state index is 13.1. The molecule has 0 spiro atoms. The lowest BCUT2D eigenvalue weighted by Gasteiger charge is -2.24. The molecule has 1 aliphatic rings. The number of anilines is 1. The van der Waals surface area contributed by atoms with Gasteiger partial charge in [0.2, 0.25) is 0 Å². The molecule has 1 unspecified atom stereocenters. The van der Waals surface area contributed by atoms with Gasteiger partial charge >= 0.3 is 0 Å². The van der Waals surface area contributed by atoms with Crippen molar-refractivity contribution in [3.63, 3.8) is 0 Å². The van der Waals surface area contributed by atoms with Crippen molar-refractivity contribution in [1.82, 2.24) is 0 Å². The van der Waals surface area contributed by atoms with Crippen molar-refractivity contribution in [2.45, 2.75) is 13.0 Å². The second kappa shape index (κ2) is 8.65. The number of hydrogen-bond donors (Lipinski definition) is 1. The van der Waals surface area contributed by atoms with Gasteiger partial charge in [0, 0.05) is 16.1 Å². The third-order valence-corrected chi connectivity index (χ3v) is 5.95. The molecule has 0 saturated carbocycles. The third kappa shape index (κ3) is 3.80. The van der Waals surface area contributed by atoms with Crippen LogP contribution in [0.5, 0.6) is 11.5 Å². The first-order chi connectivity index (χ1) is 15.0. The molecular formula is C24H21NO5S. The molecule has 1 atom stereocenters. The Morgan fingerprint density at radius 1 is 1.06 bits per heavy atom. The van der Waals surface area contributed by atoms with Crippen LogP contribution in [0.15, 0.2) is 71.6 Å². The van der Waals surface area contributed by atoms with E-state index in [-0.39, 0.29) is 11.3 Å². The summed E-state index contributed by atoms with van der Waals surface area (Å²) >= 11 is 1.42. The Kier molecular flexibility index (Phi) is 5.77. The molecule has 4 rings (SSSR count). The van der Waals surface area contributed by atoms with E-state index in [1.165, 1.54) is 23.3 Å². The Hall–Kier alpha value is -3.58. The number of rotatable bonds is 6. The van der Waals surface area contributed by atoms with Crippen LogP contribution in [0.3, 0.4) is 0 Å². The lowest BCUT2D eigenvalue weighted by molar-refractivity contribution is -0.132. The summed E-state index contributed by atoms with van der Waals surface area (Å²) in [4.78, 5) is 28.3. The summed E-state index contributed by atoms with van der Waals surface area (Å²) in [5, 5.41) is 13.0. The monoisotopic (exact) mass is 435 g/mol. The van der Waals surface area contributed by atoms with Gasteiger partial charge in [-0.05, 0) is 54.8 Å². The molecule has 158 valence electrons. The van der Waals surface area contributed by atoms with Crippen molar-refractivity contribution < 1.29 is 24.2 Å². The highest BCUT2D eigenvalue weighted by Gasteiger charge is 2.47. The van der Waals surface area contributed by atoms with Crippen LogP contribution in [0.25, 0.3) is 5.76 Å². The van der Waals surface area contributed by atoms with Crippen molar-refractivity contribution in [3.05, 3.63) is 82.1 Å². The minimum atomic E-state index is -0.732. The largest absolute Gasteiger partial charge is 0.507 e. The predicted molar refractivity (Wildman–Crippen MR) is 120 cm³/mol. The SMILES string of the molecule is CCOc1ccc(N2C(=O)C(=O)/C(=C(\O)c3cccc(OC)c3)C2c2cccs2)cc1. The van der Waals surface area contributed by atoms with Gasteiger partial charge in [-0.2, -0.15) is 0 Å². The van der Waals surface area contributed by atoms with E-state index >= 15 is 0 Å². The number of carbonyl (C=O) groups excluding carboxylic acids is 2. The Labute approximate surface area is 184 Å². The fourth-order valence-electron chi connectivity index (χ4n) is 3.61. The van der Waals surface area contributed by atoms with E-state index in [1.54, 1.807) is 48.5 Å². The number of Topliss-reactive ketones (excluding diaryl/α,β-unsaturated/α-hetero) is 1. The Bertz CT molecular complexity index is 1140. The van der Waals surface area contributed by atoms with Crippen LogP contribution in [0, 0.1) is 0 Å². The summed E-state index contributed by atoms with van der Waals surface area (Å²) in [6.07, 6.45) is 0. The number of aliphatic hydroxyl groups is 1. The molecule has 1 aromatic heterocycles. The number of benzene rings is 2. The van der Waals surface area contributed by atoms with Crippen molar-refractivity contribution >= 4 is 34.5 Å². The number of aliphatic hydroxyl groups excluding tert-OH is 1. The van der Waals surface area contributed by atoms with Gasteiger partial charge < -0.3 is 14.6 Å². The average Bonchev–Trinajstić information content (AvgIpc) is 3.41. The van der Waals surface area contributed by atoms with Crippen LogP contribution in [0.4, 0.5) is 5.69 Å². The number of amides is 1. The molecule has 6 nitrogen and oxygen atoms in total. The van der Waals surface area contributed by atoms with Gasteiger partial charge in [-0.15, -0.1) is 11.3 Å². The first kappa shape index (κ1) is 20.7. The molecule has 1 fully saturated rings. The van der Waals surface area contributed by atoms with Gasteiger partial charge in [0.1, 0.15) is 23.3 Å². The Morgan fingerprint density at radius 2 is 1.84 bits per heavy atom. The first-order valence-corrected chi connectivity index (χ1v) is 10.6. The van der Waals surface area contributed by atoms with Gasteiger partial charge in [0.05, 0.1) is 19.3 Å². The third-order valence-electron chi connectivity index (χ3n) is 5.03. The normalized spacial score (nSPS) is 17.7. The molecule has 2 heterocycles. The molecule has 7 heteroatoms. The summed E-state index contributed by atoms with van der Waals surface area (Å²) in [6, 6.07) is 16.7. The van der Waals surface area contributed by atoms with E-state index in [0.29, 0.717) is 29.4 Å². The van der Waals surface area contributed by atoms with E-state index in [4.69, 9.17) is 9.47 Å². The lowest BCUT2D eigenvalue weighted by atomic mass is 9.99. The zero-order valence-electron chi connectivity index (χ0n) is 17.1. The smallest absolute Gasteiger partial charge is 0.300 e. The first-order valence-electron chi connectivity index (χ1n) is 9.76. The lowest BCUT2D eigenvalue weighted by Crippen LogP contribution is -2.29. The van der Waals surface area contributed by atoms with Gasteiger partial charge in [0.15, 0.2) is 0 Å². The second-order valence-electron chi connectivity index (χ2n) is 6.84. The van der Waals surface area contributed by atoms with Crippen LogP contribution in [-0.4, -0.2) is 30.5 Å². The van der Waals surface area contributed by atoms with Gasteiger partial charge in [-0.3, -0.25) is 14.5 Å². The molecule has 1 aliphatic heterocycles. The van der Waals surface area contributed by atoms with Crippen molar-refractivity contribution in [2.75, 3.05) is 18.6 Å². The zero-order chi connectivity index (χ0) is 22.0. The van der Waals surface area contributed by atoms with Crippen molar-refractivity contribution in [1.29, 1.82) is 0 Å². The highest BCUT2D eigenvalue weighted by Crippen LogP contribution is 2.44. The average molecular weight is 436 g/mol. The summed E-state index contributed by atoms with van der Waals surface area (Å²) in [6.45, 7) is 2.42. The minimum absolute atomic E-state index is 0.0505. The summed E-state index contributed by atoms with van der Waals surface area (Å²) < 4.78 is 10.7. The molecule has 1 N–H and O–H groups in total. The molecule has 2 aromatic carbocycles. The van der Waals surface area contributed by atoms with Crippen LogP contribution in [0.1, 0.15) is 23.4 Å². The zero-order valence-corrected chi connectivity index (χ0v) is 17.9. The number of methoxy groups -OCH3 is 1. The molecule has 0 bridgehead atoms. The number of hydrogen-bond acceptors (Lipinski definition) is 6. The standard InChI is InChI=1S/C24H21NO5S/c1-3-30-17-11-9-16(10-12-17)25-21(19-8-5-13-31-19)20(23(27)24(25)28)22(26)15-6-4-7-18(14-15)29-2/h4-14,21,26H,3H2,1-2H3/b22-20-. The topological polar surface area (TPSA) is 76.1 Å². The van der Waals surface area contributed by atoms with E-state index in [1.807, 2.05) is 24.4 Å². The number of nitrogens with zero attached hydrogens (tertiary/aromatic N) is 1. The van der Waals surface area contributed by atoms with Crippen LogP contribution in [0.2, 0.25) is 0 Å². The maximum atomic E-state index is 13.1. The number of thiophene rings is 1. The Balaban J connectivity index is 1.85. The molecule has 3 aromatic rings. The molecule has 1 saturated heterocycles. The predicted octanol–water partition coefficient (Wildman–Crippen LogP) is 4.78. The molecule has 0 radical (unpaired) electrons. The molecule has 0 aliphatic carbocycles. The van der Waals surface area contributed by atoms with Gasteiger partial charge in [-0.25, -0.2) is 0 Å². The van der Waals surface area contributed by atoms with Gasteiger partial charge in [-0.1, -0.05) is 18.2 Å². The van der Waals surface area contributed by atoms with E-state index < -0.39 is 17.7 Å². The maximum Gasteiger partial charge on any atom is 0.300 e. The minimum Gasteiger partial charge on any atom is -0.507 e. The van der Waals surface area contributed by atoms with Crippen LogP contribution < -0.4 is 14.4 Å². The van der Waals surface area contributed by atoms with Crippen molar-refractivity contribution in [3.8, 4) is 11.5 Å². The highest BCUT2D eigenvalue weighted by atomic mass is 32.1. The van der Waals surface area contributed by atoms with Crippen molar-refractivity contribution in [2.24, 2.45) is 0 Å².